The standard InChI is InChI=1S/C18H14ClFN4O2/c1-26-18(25)12-4-2-3-5-15(12)24-17-9-16(21-10-22-17)23-11-6-7-14(20)13(19)8-11/h2-10H,1H3,(H2,21,22,23,24). The molecule has 6 nitrogen and oxygen atoms in total. The lowest BCUT2D eigenvalue weighted by Gasteiger charge is -2.11. The molecule has 1 heterocycles. The van der Waals surface area contributed by atoms with Crippen LogP contribution in [0.1, 0.15) is 10.4 Å². The van der Waals surface area contributed by atoms with E-state index in [9.17, 15) is 9.18 Å². The number of methoxy groups -OCH3 is 1. The van der Waals surface area contributed by atoms with Crippen LogP contribution in [0, 0.1) is 5.82 Å². The fourth-order valence-corrected chi connectivity index (χ4v) is 2.41. The number of nitrogens with zero attached hydrogens (tertiary/aromatic N) is 2. The predicted octanol–water partition coefficient (Wildman–Crippen LogP) is 4.54. The second kappa shape index (κ2) is 7.79. The summed E-state index contributed by atoms with van der Waals surface area (Å²) in [5.74, 6) is -0.0177. The molecule has 0 saturated carbocycles. The first-order valence-corrected chi connectivity index (χ1v) is 7.93. The first-order chi connectivity index (χ1) is 12.6. The Bertz CT molecular complexity index is 952. The predicted molar refractivity (Wildman–Crippen MR) is 97.8 cm³/mol. The van der Waals surface area contributed by atoms with Crippen LogP contribution in [-0.2, 0) is 4.74 Å². The van der Waals surface area contributed by atoms with Gasteiger partial charge in [-0.25, -0.2) is 19.2 Å². The fourth-order valence-electron chi connectivity index (χ4n) is 2.23. The number of carbonyl (C=O) groups is 1. The molecule has 0 aliphatic rings. The van der Waals surface area contributed by atoms with Crippen LogP contribution in [0.5, 0.6) is 0 Å². The maximum absolute atomic E-state index is 13.2. The average molecular weight is 373 g/mol. The summed E-state index contributed by atoms with van der Waals surface area (Å²) in [4.78, 5) is 20.1. The Morgan fingerprint density at radius 3 is 2.54 bits per heavy atom. The summed E-state index contributed by atoms with van der Waals surface area (Å²) in [5, 5.41) is 6.08. The zero-order valence-electron chi connectivity index (χ0n) is 13.7. The number of hydrogen-bond donors (Lipinski definition) is 2. The van der Waals surface area contributed by atoms with Gasteiger partial charge in [0.25, 0.3) is 0 Å². The van der Waals surface area contributed by atoms with E-state index >= 15 is 0 Å². The molecule has 0 saturated heterocycles. The number of para-hydroxylation sites is 1. The largest absolute Gasteiger partial charge is 0.465 e. The van der Waals surface area contributed by atoms with Crippen LogP contribution in [0.4, 0.5) is 27.4 Å². The molecule has 2 N–H and O–H groups in total. The Morgan fingerprint density at radius 1 is 1.08 bits per heavy atom. The molecule has 26 heavy (non-hydrogen) atoms. The van der Waals surface area contributed by atoms with Crippen molar-refractivity contribution in [2.75, 3.05) is 17.7 Å². The third-order valence-corrected chi connectivity index (χ3v) is 3.74. The number of hydrogen-bond acceptors (Lipinski definition) is 6. The van der Waals surface area contributed by atoms with Crippen LogP contribution >= 0.6 is 11.6 Å². The summed E-state index contributed by atoms with van der Waals surface area (Å²) in [7, 11) is 1.32. The SMILES string of the molecule is COC(=O)c1ccccc1Nc1cc(Nc2ccc(F)c(Cl)c2)ncn1. The van der Waals surface area contributed by atoms with Gasteiger partial charge in [-0.3, -0.25) is 0 Å². The Morgan fingerprint density at radius 2 is 1.81 bits per heavy atom. The highest BCUT2D eigenvalue weighted by Gasteiger charge is 2.12. The van der Waals surface area contributed by atoms with Gasteiger partial charge < -0.3 is 15.4 Å². The van der Waals surface area contributed by atoms with Crippen molar-refractivity contribution < 1.29 is 13.9 Å². The van der Waals surface area contributed by atoms with Crippen molar-refractivity contribution in [2.24, 2.45) is 0 Å². The second-order valence-corrected chi connectivity index (χ2v) is 5.61. The molecule has 3 aromatic rings. The maximum atomic E-state index is 13.2. The smallest absolute Gasteiger partial charge is 0.339 e. The molecule has 0 amide bonds. The highest BCUT2D eigenvalue weighted by atomic mass is 35.5. The molecule has 0 radical (unpaired) electrons. The van der Waals surface area contributed by atoms with Gasteiger partial charge in [-0.05, 0) is 30.3 Å². The molecular weight excluding hydrogens is 359 g/mol. The first kappa shape index (κ1) is 17.6. The molecule has 0 spiro atoms. The van der Waals surface area contributed by atoms with E-state index in [0.29, 0.717) is 28.6 Å². The minimum Gasteiger partial charge on any atom is -0.465 e. The van der Waals surface area contributed by atoms with Crippen LogP contribution in [0.3, 0.4) is 0 Å². The molecule has 0 fully saturated rings. The number of rotatable bonds is 5. The number of anilines is 4. The summed E-state index contributed by atoms with van der Waals surface area (Å²) in [6.45, 7) is 0. The lowest BCUT2D eigenvalue weighted by atomic mass is 10.2. The van der Waals surface area contributed by atoms with Crippen molar-refractivity contribution >= 4 is 40.6 Å². The Kier molecular flexibility index (Phi) is 5.28. The van der Waals surface area contributed by atoms with E-state index in [4.69, 9.17) is 16.3 Å². The third-order valence-electron chi connectivity index (χ3n) is 3.45. The maximum Gasteiger partial charge on any atom is 0.339 e. The zero-order valence-corrected chi connectivity index (χ0v) is 14.4. The number of nitrogens with one attached hydrogen (secondary N) is 2. The number of ether oxygens (including phenoxy) is 1. The van der Waals surface area contributed by atoms with E-state index in [2.05, 4.69) is 20.6 Å². The molecule has 8 heteroatoms. The van der Waals surface area contributed by atoms with E-state index in [1.165, 1.54) is 25.6 Å². The van der Waals surface area contributed by atoms with Crippen LogP contribution < -0.4 is 10.6 Å². The van der Waals surface area contributed by atoms with Gasteiger partial charge in [0, 0.05) is 11.8 Å². The van der Waals surface area contributed by atoms with Crippen molar-refractivity contribution in [3.8, 4) is 0 Å². The van der Waals surface area contributed by atoms with Gasteiger partial charge in [-0.1, -0.05) is 23.7 Å². The molecule has 0 bridgehead atoms. The van der Waals surface area contributed by atoms with Crippen molar-refractivity contribution in [1.82, 2.24) is 9.97 Å². The van der Waals surface area contributed by atoms with E-state index < -0.39 is 11.8 Å². The van der Waals surface area contributed by atoms with Gasteiger partial charge in [0.2, 0.25) is 0 Å². The van der Waals surface area contributed by atoms with Gasteiger partial charge >= 0.3 is 5.97 Å². The van der Waals surface area contributed by atoms with Crippen molar-refractivity contribution in [1.29, 1.82) is 0 Å². The molecule has 3 rings (SSSR count). The molecule has 132 valence electrons. The number of esters is 1. The van der Waals surface area contributed by atoms with Crippen LogP contribution in [0.2, 0.25) is 5.02 Å². The molecule has 0 aliphatic heterocycles. The summed E-state index contributed by atoms with van der Waals surface area (Å²) >= 11 is 5.78. The van der Waals surface area contributed by atoms with E-state index in [1.54, 1.807) is 36.4 Å². The van der Waals surface area contributed by atoms with E-state index in [0.717, 1.165) is 0 Å². The van der Waals surface area contributed by atoms with Crippen molar-refractivity contribution in [3.05, 3.63) is 71.3 Å². The number of benzene rings is 2. The van der Waals surface area contributed by atoms with Gasteiger partial charge in [-0.2, -0.15) is 0 Å². The normalized spacial score (nSPS) is 10.3. The molecule has 1 aromatic heterocycles. The molecule has 2 aromatic carbocycles. The minimum absolute atomic E-state index is 0.00871. The summed E-state index contributed by atoms with van der Waals surface area (Å²) in [6.07, 6.45) is 1.36. The Balaban J connectivity index is 1.82. The quantitative estimate of drug-likeness (QED) is 0.640. The van der Waals surface area contributed by atoms with E-state index in [-0.39, 0.29) is 5.02 Å². The third kappa shape index (κ3) is 4.07. The average Bonchev–Trinajstić information content (AvgIpc) is 2.65. The number of aromatic nitrogens is 2. The van der Waals surface area contributed by atoms with Crippen LogP contribution in [-0.4, -0.2) is 23.0 Å². The van der Waals surface area contributed by atoms with Crippen molar-refractivity contribution in [2.45, 2.75) is 0 Å². The van der Waals surface area contributed by atoms with Gasteiger partial charge in [0.1, 0.15) is 23.8 Å². The van der Waals surface area contributed by atoms with Gasteiger partial charge in [0.05, 0.1) is 23.4 Å². The van der Waals surface area contributed by atoms with Crippen LogP contribution in [0.25, 0.3) is 0 Å². The molecule has 0 unspecified atom stereocenters. The zero-order chi connectivity index (χ0) is 18.5. The highest BCUT2D eigenvalue weighted by molar-refractivity contribution is 6.31. The van der Waals surface area contributed by atoms with Crippen LogP contribution in [0.15, 0.2) is 54.9 Å². The van der Waals surface area contributed by atoms with E-state index in [1.807, 2.05) is 0 Å². The first-order valence-electron chi connectivity index (χ1n) is 7.55. The monoisotopic (exact) mass is 372 g/mol. The van der Waals surface area contributed by atoms with Gasteiger partial charge in [-0.15, -0.1) is 0 Å². The fraction of sp³-hybridized carbons (Fsp3) is 0.0556. The minimum atomic E-state index is -0.498. The lowest BCUT2D eigenvalue weighted by molar-refractivity contribution is 0.0602. The lowest BCUT2D eigenvalue weighted by Crippen LogP contribution is -2.06. The van der Waals surface area contributed by atoms with Gasteiger partial charge in [0.15, 0.2) is 0 Å². The summed E-state index contributed by atoms with van der Waals surface area (Å²) in [5.41, 5.74) is 1.51. The topological polar surface area (TPSA) is 76.1 Å². The molecule has 0 aliphatic carbocycles. The summed E-state index contributed by atoms with van der Waals surface area (Å²) < 4.78 is 18.0. The molecular formula is C18H14ClFN4O2. The molecule has 0 atom stereocenters. The second-order valence-electron chi connectivity index (χ2n) is 5.20. The Labute approximate surface area is 154 Å². The number of halogens is 2. The number of carbonyl (C=O) groups excluding carboxylic acids is 1. The summed E-state index contributed by atoms with van der Waals surface area (Å²) in [6, 6.07) is 12.8. The van der Waals surface area contributed by atoms with Crippen molar-refractivity contribution in [3.63, 3.8) is 0 Å². The highest BCUT2D eigenvalue weighted by Crippen LogP contribution is 2.24. The Hall–Kier alpha value is -3.19.